The zero-order valence-electron chi connectivity index (χ0n) is 10.3. The van der Waals surface area contributed by atoms with E-state index in [1.807, 2.05) is 0 Å². The molecule has 0 spiro atoms. The van der Waals surface area contributed by atoms with E-state index in [1.54, 1.807) is 6.92 Å². The fourth-order valence-corrected chi connectivity index (χ4v) is 2.13. The van der Waals surface area contributed by atoms with Crippen molar-refractivity contribution >= 4 is 6.09 Å². The van der Waals surface area contributed by atoms with Crippen molar-refractivity contribution in [3.05, 3.63) is 0 Å². The third kappa shape index (κ3) is 5.95. The van der Waals surface area contributed by atoms with Gasteiger partial charge in [0.1, 0.15) is 0 Å². The Hall–Kier alpha value is -0.770. The summed E-state index contributed by atoms with van der Waals surface area (Å²) in [5.41, 5.74) is 0. The topological polar surface area (TPSA) is 50.4 Å². The van der Waals surface area contributed by atoms with Gasteiger partial charge < -0.3 is 15.4 Å². The summed E-state index contributed by atoms with van der Waals surface area (Å²) in [7, 11) is 0. The first-order valence-corrected chi connectivity index (χ1v) is 6.44. The Morgan fingerprint density at radius 1 is 1.25 bits per heavy atom. The number of alkyl carbamates (subject to hydrolysis) is 1. The summed E-state index contributed by atoms with van der Waals surface area (Å²) >= 11 is 0. The summed E-state index contributed by atoms with van der Waals surface area (Å²) < 4.78 is 4.76. The lowest BCUT2D eigenvalue weighted by molar-refractivity contribution is 0.152. The van der Waals surface area contributed by atoms with Crippen LogP contribution in [0.5, 0.6) is 0 Å². The molecule has 0 saturated heterocycles. The maximum absolute atomic E-state index is 10.9. The maximum atomic E-state index is 10.9. The molecule has 0 atom stereocenters. The highest BCUT2D eigenvalue weighted by Crippen LogP contribution is 2.22. The van der Waals surface area contributed by atoms with E-state index in [2.05, 4.69) is 10.6 Å². The van der Waals surface area contributed by atoms with E-state index in [0.717, 1.165) is 19.0 Å². The predicted molar refractivity (Wildman–Crippen MR) is 64.5 cm³/mol. The molecular formula is C12H24N2O2. The van der Waals surface area contributed by atoms with Gasteiger partial charge in [-0.05, 0) is 32.2 Å². The molecular weight excluding hydrogens is 204 g/mol. The molecule has 0 aromatic rings. The lowest BCUT2D eigenvalue weighted by atomic mass is 9.89. The van der Waals surface area contributed by atoms with E-state index in [0.29, 0.717) is 13.2 Å². The van der Waals surface area contributed by atoms with E-state index in [4.69, 9.17) is 4.74 Å². The highest BCUT2D eigenvalue weighted by atomic mass is 16.5. The number of hydrogen-bond acceptors (Lipinski definition) is 3. The van der Waals surface area contributed by atoms with Gasteiger partial charge >= 0.3 is 6.09 Å². The summed E-state index contributed by atoms with van der Waals surface area (Å²) in [5.74, 6) is 0.844. The van der Waals surface area contributed by atoms with Crippen LogP contribution >= 0.6 is 0 Å². The number of hydrogen-bond donors (Lipinski definition) is 2. The Morgan fingerprint density at radius 3 is 2.69 bits per heavy atom. The van der Waals surface area contributed by atoms with E-state index in [9.17, 15) is 4.79 Å². The molecule has 2 N–H and O–H groups in total. The van der Waals surface area contributed by atoms with Gasteiger partial charge in [0.2, 0.25) is 0 Å². The first-order valence-electron chi connectivity index (χ1n) is 6.44. The number of carbonyl (C=O) groups is 1. The van der Waals surface area contributed by atoms with Crippen molar-refractivity contribution in [2.45, 2.75) is 39.0 Å². The molecule has 1 aliphatic rings. The minimum atomic E-state index is -0.318. The smallest absolute Gasteiger partial charge is 0.407 e. The SMILES string of the molecule is CCOC(=O)NCCNCC1CCCCC1. The van der Waals surface area contributed by atoms with Crippen LogP contribution in [0, 0.1) is 5.92 Å². The molecule has 94 valence electrons. The molecule has 4 heteroatoms. The molecule has 0 bridgehead atoms. The highest BCUT2D eigenvalue weighted by Gasteiger charge is 2.12. The second-order valence-corrected chi connectivity index (χ2v) is 4.36. The van der Waals surface area contributed by atoms with Crippen LogP contribution in [0.2, 0.25) is 0 Å². The number of amides is 1. The van der Waals surface area contributed by atoms with Crippen molar-refractivity contribution in [2.75, 3.05) is 26.2 Å². The van der Waals surface area contributed by atoms with Gasteiger partial charge in [-0.1, -0.05) is 19.3 Å². The average molecular weight is 228 g/mol. The second-order valence-electron chi connectivity index (χ2n) is 4.36. The second kappa shape index (κ2) is 8.39. The standard InChI is InChI=1S/C12H24N2O2/c1-2-16-12(15)14-9-8-13-10-11-6-4-3-5-7-11/h11,13H,2-10H2,1H3,(H,14,15). The Bertz CT molecular complexity index is 191. The Labute approximate surface area is 98.1 Å². The summed E-state index contributed by atoms with van der Waals surface area (Å²) in [6.07, 6.45) is 6.57. The minimum Gasteiger partial charge on any atom is -0.450 e. The molecule has 16 heavy (non-hydrogen) atoms. The number of rotatable bonds is 6. The summed E-state index contributed by atoms with van der Waals surface area (Å²) in [6, 6.07) is 0. The molecule has 0 aromatic heterocycles. The van der Waals surface area contributed by atoms with Crippen LogP contribution in [0.1, 0.15) is 39.0 Å². The Kier molecular flexibility index (Phi) is 6.97. The van der Waals surface area contributed by atoms with Crippen LogP contribution in [0.15, 0.2) is 0 Å². The van der Waals surface area contributed by atoms with Crippen molar-refractivity contribution in [1.82, 2.24) is 10.6 Å². The van der Waals surface area contributed by atoms with Crippen molar-refractivity contribution in [2.24, 2.45) is 5.92 Å². The molecule has 0 aromatic carbocycles. The van der Waals surface area contributed by atoms with Crippen LogP contribution in [0.4, 0.5) is 4.79 Å². The van der Waals surface area contributed by atoms with Crippen LogP contribution in [0.25, 0.3) is 0 Å². The van der Waals surface area contributed by atoms with E-state index >= 15 is 0 Å². The van der Waals surface area contributed by atoms with Crippen LogP contribution < -0.4 is 10.6 Å². The third-order valence-electron chi connectivity index (χ3n) is 3.00. The molecule has 1 saturated carbocycles. The molecule has 1 fully saturated rings. The lowest BCUT2D eigenvalue weighted by Crippen LogP contribution is -2.34. The largest absolute Gasteiger partial charge is 0.450 e. The van der Waals surface area contributed by atoms with Gasteiger partial charge in [-0.25, -0.2) is 4.79 Å². The van der Waals surface area contributed by atoms with Gasteiger partial charge in [-0.2, -0.15) is 0 Å². The zero-order valence-corrected chi connectivity index (χ0v) is 10.3. The van der Waals surface area contributed by atoms with Gasteiger partial charge in [0.05, 0.1) is 6.61 Å². The van der Waals surface area contributed by atoms with Crippen LogP contribution in [-0.4, -0.2) is 32.3 Å². The molecule has 0 aliphatic heterocycles. The van der Waals surface area contributed by atoms with Gasteiger partial charge in [0.25, 0.3) is 0 Å². The normalized spacial score (nSPS) is 17.1. The summed E-state index contributed by atoms with van der Waals surface area (Å²) in [6.45, 7) is 4.80. The molecule has 4 nitrogen and oxygen atoms in total. The number of nitrogens with one attached hydrogen (secondary N) is 2. The quantitative estimate of drug-likeness (QED) is 0.683. The Morgan fingerprint density at radius 2 is 2.00 bits per heavy atom. The average Bonchev–Trinajstić information content (AvgIpc) is 2.30. The number of ether oxygens (including phenoxy) is 1. The molecule has 1 amide bonds. The third-order valence-corrected chi connectivity index (χ3v) is 3.00. The monoisotopic (exact) mass is 228 g/mol. The molecule has 0 heterocycles. The highest BCUT2D eigenvalue weighted by molar-refractivity contribution is 5.66. The molecule has 0 radical (unpaired) electrons. The van der Waals surface area contributed by atoms with Crippen molar-refractivity contribution in [3.8, 4) is 0 Å². The first kappa shape index (κ1) is 13.3. The lowest BCUT2D eigenvalue weighted by Gasteiger charge is -2.21. The number of carbonyl (C=O) groups excluding carboxylic acids is 1. The predicted octanol–water partition coefficient (Wildman–Crippen LogP) is 1.90. The van der Waals surface area contributed by atoms with Gasteiger partial charge in [0.15, 0.2) is 0 Å². The first-order chi connectivity index (χ1) is 7.83. The van der Waals surface area contributed by atoms with Gasteiger partial charge in [-0.3, -0.25) is 0 Å². The van der Waals surface area contributed by atoms with Crippen molar-refractivity contribution in [1.29, 1.82) is 0 Å². The maximum Gasteiger partial charge on any atom is 0.407 e. The van der Waals surface area contributed by atoms with Crippen LogP contribution in [-0.2, 0) is 4.74 Å². The van der Waals surface area contributed by atoms with E-state index in [1.165, 1.54) is 32.1 Å². The van der Waals surface area contributed by atoms with Crippen LogP contribution in [0.3, 0.4) is 0 Å². The molecule has 0 unspecified atom stereocenters. The molecule has 1 rings (SSSR count). The summed E-state index contributed by atoms with van der Waals surface area (Å²) in [4.78, 5) is 10.9. The minimum absolute atomic E-state index is 0.318. The van der Waals surface area contributed by atoms with E-state index in [-0.39, 0.29) is 6.09 Å². The van der Waals surface area contributed by atoms with E-state index < -0.39 is 0 Å². The van der Waals surface area contributed by atoms with Crippen molar-refractivity contribution in [3.63, 3.8) is 0 Å². The van der Waals surface area contributed by atoms with Gasteiger partial charge in [-0.15, -0.1) is 0 Å². The fourth-order valence-electron chi connectivity index (χ4n) is 2.13. The fraction of sp³-hybridized carbons (Fsp3) is 0.917. The zero-order chi connectivity index (χ0) is 11.6. The van der Waals surface area contributed by atoms with Crippen molar-refractivity contribution < 1.29 is 9.53 Å². The summed E-state index contributed by atoms with van der Waals surface area (Å²) in [5, 5.41) is 6.08. The Balaban J connectivity index is 1.89. The molecule has 1 aliphatic carbocycles. The van der Waals surface area contributed by atoms with Gasteiger partial charge in [0, 0.05) is 13.1 Å².